The number of ether oxygens (including phenoxy) is 1. The molecule has 1 aromatic rings. The van der Waals surface area contributed by atoms with Crippen molar-refractivity contribution in [2.75, 3.05) is 19.7 Å². The van der Waals surface area contributed by atoms with Gasteiger partial charge in [-0.05, 0) is 68.6 Å². The molecule has 0 spiro atoms. The number of nitrogens with one attached hydrogen (secondary N) is 1. The van der Waals surface area contributed by atoms with Gasteiger partial charge in [0.2, 0.25) is 11.8 Å². The molecule has 2 amide bonds. The van der Waals surface area contributed by atoms with Gasteiger partial charge in [0.15, 0.2) is 0 Å². The summed E-state index contributed by atoms with van der Waals surface area (Å²) in [5.41, 5.74) is 0.798. The lowest BCUT2D eigenvalue weighted by Crippen LogP contribution is -2.46. The molecule has 30 heavy (non-hydrogen) atoms. The first-order chi connectivity index (χ1) is 14.5. The van der Waals surface area contributed by atoms with Gasteiger partial charge in [-0.2, -0.15) is 0 Å². The summed E-state index contributed by atoms with van der Waals surface area (Å²) in [6, 6.07) is 7.79. The first-order valence-electron chi connectivity index (χ1n) is 11.5. The van der Waals surface area contributed by atoms with Crippen LogP contribution in [-0.2, 0) is 20.7 Å². The van der Waals surface area contributed by atoms with Crippen LogP contribution in [0, 0.1) is 5.92 Å². The molecular formula is C24H33ClN2O3. The van der Waals surface area contributed by atoms with Crippen LogP contribution in [-0.4, -0.2) is 48.1 Å². The Morgan fingerprint density at radius 1 is 1.17 bits per heavy atom. The molecule has 4 rings (SSSR count). The van der Waals surface area contributed by atoms with Crippen molar-refractivity contribution < 1.29 is 14.3 Å². The highest BCUT2D eigenvalue weighted by Crippen LogP contribution is 2.32. The molecule has 1 N–H and O–H groups in total. The number of carbonyl (C=O) groups excluding carboxylic acids is 2. The number of halogens is 1. The van der Waals surface area contributed by atoms with E-state index in [2.05, 4.69) is 5.32 Å². The highest BCUT2D eigenvalue weighted by molar-refractivity contribution is 6.30. The predicted octanol–water partition coefficient (Wildman–Crippen LogP) is 4.12. The van der Waals surface area contributed by atoms with E-state index in [0.29, 0.717) is 36.7 Å². The second-order valence-electron chi connectivity index (χ2n) is 9.36. The van der Waals surface area contributed by atoms with Crippen LogP contribution in [0.1, 0.15) is 63.4 Å². The molecule has 2 heterocycles. The Morgan fingerprint density at radius 3 is 2.57 bits per heavy atom. The summed E-state index contributed by atoms with van der Waals surface area (Å²) < 4.78 is 5.81. The minimum Gasteiger partial charge on any atom is -0.376 e. The lowest BCUT2D eigenvalue weighted by atomic mass is 9.84. The maximum atomic E-state index is 13.2. The molecule has 0 unspecified atom stereocenters. The molecule has 0 bridgehead atoms. The van der Waals surface area contributed by atoms with E-state index >= 15 is 0 Å². The van der Waals surface area contributed by atoms with Crippen LogP contribution in [0.2, 0.25) is 5.02 Å². The van der Waals surface area contributed by atoms with Crippen molar-refractivity contribution in [3.8, 4) is 0 Å². The summed E-state index contributed by atoms with van der Waals surface area (Å²) in [5.74, 6) is 0.931. The van der Waals surface area contributed by atoms with Crippen molar-refractivity contribution in [3.63, 3.8) is 0 Å². The summed E-state index contributed by atoms with van der Waals surface area (Å²) in [4.78, 5) is 27.3. The van der Waals surface area contributed by atoms with Crippen LogP contribution in [0.25, 0.3) is 0 Å². The first kappa shape index (κ1) is 21.6. The summed E-state index contributed by atoms with van der Waals surface area (Å²) in [5, 5.41) is 3.90. The summed E-state index contributed by atoms with van der Waals surface area (Å²) >= 11 is 6.02. The predicted molar refractivity (Wildman–Crippen MR) is 117 cm³/mol. The monoisotopic (exact) mass is 432 g/mol. The molecule has 5 nitrogen and oxygen atoms in total. The van der Waals surface area contributed by atoms with Gasteiger partial charge in [0, 0.05) is 43.1 Å². The third-order valence-electron chi connectivity index (χ3n) is 7.01. The second-order valence-corrected chi connectivity index (χ2v) is 9.80. The van der Waals surface area contributed by atoms with E-state index in [4.69, 9.17) is 16.3 Å². The van der Waals surface area contributed by atoms with Crippen molar-refractivity contribution >= 4 is 23.4 Å². The van der Waals surface area contributed by atoms with Gasteiger partial charge < -0.3 is 15.0 Å². The van der Waals surface area contributed by atoms with E-state index in [1.54, 1.807) is 0 Å². The van der Waals surface area contributed by atoms with Crippen LogP contribution in [0.3, 0.4) is 0 Å². The van der Waals surface area contributed by atoms with Crippen LogP contribution in [0.4, 0.5) is 0 Å². The van der Waals surface area contributed by atoms with Crippen molar-refractivity contribution in [1.29, 1.82) is 0 Å². The lowest BCUT2D eigenvalue weighted by molar-refractivity contribution is -0.134. The summed E-state index contributed by atoms with van der Waals surface area (Å²) in [6.45, 7) is 2.38. The van der Waals surface area contributed by atoms with E-state index in [-0.39, 0.29) is 23.5 Å². The van der Waals surface area contributed by atoms with E-state index < -0.39 is 0 Å². The van der Waals surface area contributed by atoms with Crippen LogP contribution < -0.4 is 5.32 Å². The Morgan fingerprint density at radius 2 is 1.97 bits per heavy atom. The van der Waals surface area contributed by atoms with Gasteiger partial charge in [0.05, 0.1) is 6.10 Å². The molecule has 0 aromatic heterocycles. The number of benzene rings is 1. The highest BCUT2D eigenvalue weighted by Gasteiger charge is 2.38. The van der Waals surface area contributed by atoms with Gasteiger partial charge in [-0.3, -0.25) is 9.59 Å². The lowest BCUT2D eigenvalue weighted by Gasteiger charge is -2.35. The fourth-order valence-electron chi connectivity index (χ4n) is 4.98. The summed E-state index contributed by atoms with van der Waals surface area (Å²) in [7, 11) is 0. The number of nitrogens with zero attached hydrogens (tertiary/aromatic N) is 1. The summed E-state index contributed by atoms with van der Waals surface area (Å²) in [6.07, 6.45) is 9.23. The zero-order chi connectivity index (χ0) is 21.0. The van der Waals surface area contributed by atoms with Gasteiger partial charge in [-0.1, -0.05) is 30.2 Å². The van der Waals surface area contributed by atoms with Gasteiger partial charge in [0.1, 0.15) is 0 Å². The molecule has 2 saturated heterocycles. The van der Waals surface area contributed by atoms with E-state index in [9.17, 15) is 9.59 Å². The van der Waals surface area contributed by atoms with Gasteiger partial charge in [-0.25, -0.2) is 0 Å². The smallest absolute Gasteiger partial charge is 0.222 e. The third-order valence-corrected chi connectivity index (χ3v) is 7.26. The maximum Gasteiger partial charge on any atom is 0.222 e. The first-order valence-corrected chi connectivity index (χ1v) is 11.8. The van der Waals surface area contributed by atoms with Crippen LogP contribution >= 0.6 is 11.6 Å². The highest BCUT2D eigenvalue weighted by atomic mass is 35.5. The standard InChI is InChI=1S/C24H33ClN2O3/c25-20-8-6-18(7-9-20)15-24(12-10-22(28)26-24)13-11-23(29)27(16-19-3-1-4-19)17-21-5-2-14-30-21/h6-9,19,21H,1-5,10-17H2,(H,26,28)/t21-,24-/m0/s1. The third kappa shape index (κ3) is 5.55. The number of hydrogen-bond donors (Lipinski definition) is 1. The van der Waals surface area contributed by atoms with Crippen molar-refractivity contribution in [2.45, 2.75) is 75.9 Å². The average molecular weight is 433 g/mol. The fourth-order valence-corrected chi connectivity index (χ4v) is 5.10. The van der Waals surface area contributed by atoms with Crippen LogP contribution in [0.5, 0.6) is 0 Å². The van der Waals surface area contributed by atoms with Crippen molar-refractivity contribution in [2.24, 2.45) is 5.92 Å². The number of hydrogen-bond acceptors (Lipinski definition) is 3. The zero-order valence-electron chi connectivity index (χ0n) is 17.7. The molecule has 1 aromatic carbocycles. The molecule has 2 atom stereocenters. The second kappa shape index (κ2) is 9.69. The average Bonchev–Trinajstić information content (AvgIpc) is 3.34. The molecule has 1 saturated carbocycles. The quantitative estimate of drug-likeness (QED) is 0.638. The molecule has 2 aliphatic heterocycles. The molecule has 3 aliphatic rings. The van der Waals surface area contributed by atoms with Crippen molar-refractivity contribution in [3.05, 3.63) is 34.9 Å². The Kier molecular flexibility index (Phi) is 6.99. The molecule has 3 fully saturated rings. The Hall–Kier alpha value is -1.59. The van der Waals surface area contributed by atoms with E-state index in [0.717, 1.165) is 44.4 Å². The van der Waals surface area contributed by atoms with Gasteiger partial charge >= 0.3 is 0 Å². The normalized spacial score (nSPS) is 26.4. The fraction of sp³-hybridized carbons (Fsp3) is 0.667. The number of amides is 2. The number of rotatable bonds is 9. The van der Waals surface area contributed by atoms with Crippen LogP contribution in [0.15, 0.2) is 24.3 Å². The van der Waals surface area contributed by atoms with E-state index in [1.165, 1.54) is 19.3 Å². The maximum absolute atomic E-state index is 13.2. The molecule has 1 aliphatic carbocycles. The Labute approximate surface area is 184 Å². The van der Waals surface area contributed by atoms with Gasteiger partial charge in [-0.15, -0.1) is 0 Å². The molecule has 0 radical (unpaired) electrons. The van der Waals surface area contributed by atoms with Gasteiger partial charge in [0.25, 0.3) is 0 Å². The Bertz CT molecular complexity index is 743. The molecular weight excluding hydrogens is 400 g/mol. The van der Waals surface area contributed by atoms with E-state index in [1.807, 2.05) is 29.2 Å². The topological polar surface area (TPSA) is 58.6 Å². The number of carbonyl (C=O) groups is 2. The zero-order valence-corrected chi connectivity index (χ0v) is 18.5. The Balaban J connectivity index is 1.39. The largest absolute Gasteiger partial charge is 0.376 e. The minimum absolute atomic E-state index is 0.0853. The molecule has 164 valence electrons. The molecule has 6 heteroatoms. The minimum atomic E-state index is -0.341. The SMILES string of the molecule is O=C1CC[C@](CCC(=O)N(CC2CCC2)C[C@@H]2CCCO2)(Cc2ccc(Cl)cc2)N1. The van der Waals surface area contributed by atoms with Crippen molar-refractivity contribution in [1.82, 2.24) is 10.2 Å².